The van der Waals surface area contributed by atoms with Crippen LogP contribution < -0.4 is 5.32 Å². The summed E-state index contributed by atoms with van der Waals surface area (Å²) < 4.78 is 11.2. The highest BCUT2D eigenvalue weighted by Crippen LogP contribution is 2.30. The molecule has 2 fully saturated rings. The van der Waals surface area contributed by atoms with Gasteiger partial charge in [-0.05, 0) is 6.42 Å². The number of nitrogens with one attached hydrogen (secondary N) is 1. The summed E-state index contributed by atoms with van der Waals surface area (Å²) in [7, 11) is 0. The molecule has 0 aromatic carbocycles. The summed E-state index contributed by atoms with van der Waals surface area (Å²) in [4.78, 5) is 0. The fourth-order valence-electron chi connectivity index (χ4n) is 2.24. The van der Waals surface area contributed by atoms with E-state index in [1.807, 2.05) is 0 Å². The Morgan fingerprint density at radius 3 is 3.08 bits per heavy atom. The quantitative estimate of drug-likeness (QED) is 0.624. The molecule has 12 heavy (non-hydrogen) atoms. The van der Waals surface area contributed by atoms with Crippen LogP contribution in [0.15, 0.2) is 0 Å². The molecule has 0 amide bonds. The highest BCUT2D eigenvalue weighted by Gasteiger charge is 2.44. The van der Waals surface area contributed by atoms with Crippen molar-refractivity contribution in [1.82, 2.24) is 5.32 Å². The Bertz CT molecular complexity index is 155. The van der Waals surface area contributed by atoms with Gasteiger partial charge in [0.1, 0.15) is 5.60 Å². The standard InChI is InChI=1S/C9H17NO2/c1-2-8-9(3-5-11-7-9)12-6-4-10-8/h8,10H,2-7H2,1H3. The van der Waals surface area contributed by atoms with E-state index in [0.717, 1.165) is 39.2 Å². The summed E-state index contributed by atoms with van der Waals surface area (Å²) in [5.74, 6) is 0. The van der Waals surface area contributed by atoms with E-state index in [1.165, 1.54) is 0 Å². The molecular weight excluding hydrogens is 154 g/mol. The van der Waals surface area contributed by atoms with Crippen LogP contribution in [0.4, 0.5) is 0 Å². The minimum Gasteiger partial charge on any atom is -0.378 e. The molecule has 2 atom stereocenters. The van der Waals surface area contributed by atoms with Gasteiger partial charge in [0.25, 0.3) is 0 Å². The first kappa shape index (κ1) is 8.48. The number of hydrogen-bond acceptors (Lipinski definition) is 3. The summed E-state index contributed by atoms with van der Waals surface area (Å²) in [6, 6.07) is 0.494. The van der Waals surface area contributed by atoms with Crippen LogP contribution in [0.1, 0.15) is 19.8 Å². The van der Waals surface area contributed by atoms with E-state index in [4.69, 9.17) is 9.47 Å². The summed E-state index contributed by atoms with van der Waals surface area (Å²) in [6.07, 6.45) is 2.18. The fourth-order valence-corrected chi connectivity index (χ4v) is 2.24. The van der Waals surface area contributed by atoms with Crippen molar-refractivity contribution < 1.29 is 9.47 Å². The summed E-state index contributed by atoms with van der Waals surface area (Å²) in [5.41, 5.74) is 0.00694. The van der Waals surface area contributed by atoms with Gasteiger partial charge in [-0.3, -0.25) is 0 Å². The van der Waals surface area contributed by atoms with Gasteiger partial charge in [0.2, 0.25) is 0 Å². The third kappa shape index (κ3) is 1.26. The molecule has 0 aromatic heterocycles. The smallest absolute Gasteiger partial charge is 0.109 e. The van der Waals surface area contributed by atoms with Crippen LogP contribution in [0.5, 0.6) is 0 Å². The summed E-state index contributed by atoms with van der Waals surface area (Å²) >= 11 is 0. The van der Waals surface area contributed by atoms with Gasteiger partial charge in [0, 0.05) is 25.6 Å². The van der Waals surface area contributed by atoms with E-state index in [2.05, 4.69) is 12.2 Å². The van der Waals surface area contributed by atoms with Crippen molar-refractivity contribution in [2.75, 3.05) is 26.4 Å². The lowest BCUT2D eigenvalue weighted by Crippen LogP contribution is -2.58. The lowest BCUT2D eigenvalue weighted by atomic mass is 9.90. The molecule has 0 radical (unpaired) electrons. The van der Waals surface area contributed by atoms with E-state index in [1.54, 1.807) is 0 Å². The minimum atomic E-state index is 0.00694. The van der Waals surface area contributed by atoms with Crippen molar-refractivity contribution in [1.29, 1.82) is 0 Å². The maximum Gasteiger partial charge on any atom is 0.109 e. The fraction of sp³-hybridized carbons (Fsp3) is 1.00. The Morgan fingerprint density at radius 2 is 2.42 bits per heavy atom. The van der Waals surface area contributed by atoms with Crippen LogP contribution in [0.2, 0.25) is 0 Å². The van der Waals surface area contributed by atoms with Crippen molar-refractivity contribution in [3.05, 3.63) is 0 Å². The van der Waals surface area contributed by atoms with E-state index in [9.17, 15) is 0 Å². The molecule has 2 aliphatic heterocycles. The molecule has 0 bridgehead atoms. The van der Waals surface area contributed by atoms with Gasteiger partial charge in [0.15, 0.2) is 0 Å². The zero-order chi connectivity index (χ0) is 8.44. The molecule has 2 aliphatic rings. The van der Waals surface area contributed by atoms with Gasteiger partial charge in [-0.2, -0.15) is 0 Å². The maximum absolute atomic E-state index is 5.84. The second-order valence-electron chi connectivity index (χ2n) is 3.63. The van der Waals surface area contributed by atoms with E-state index in [0.29, 0.717) is 6.04 Å². The highest BCUT2D eigenvalue weighted by molar-refractivity contribution is 4.97. The van der Waals surface area contributed by atoms with Crippen molar-refractivity contribution in [3.63, 3.8) is 0 Å². The molecular formula is C9H17NO2. The average molecular weight is 171 g/mol. The Kier molecular flexibility index (Phi) is 2.35. The van der Waals surface area contributed by atoms with Crippen LogP contribution in [0, 0.1) is 0 Å². The van der Waals surface area contributed by atoms with Gasteiger partial charge in [-0.15, -0.1) is 0 Å². The second kappa shape index (κ2) is 3.32. The monoisotopic (exact) mass is 171 g/mol. The molecule has 2 heterocycles. The van der Waals surface area contributed by atoms with Crippen LogP contribution in [-0.2, 0) is 9.47 Å². The number of morpholine rings is 1. The van der Waals surface area contributed by atoms with E-state index < -0.39 is 0 Å². The first-order chi connectivity index (χ1) is 5.87. The molecule has 0 aliphatic carbocycles. The SMILES string of the molecule is CCC1NCCOC12CCOC2. The number of rotatable bonds is 1. The van der Waals surface area contributed by atoms with Crippen molar-refractivity contribution in [3.8, 4) is 0 Å². The van der Waals surface area contributed by atoms with Crippen LogP contribution in [0.25, 0.3) is 0 Å². The second-order valence-corrected chi connectivity index (χ2v) is 3.63. The van der Waals surface area contributed by atoms with E-state index in [-0.39, 0.29) is 5.60 Å². The van der Waals surface area contributed by atoms with Gasteiger partial charge in [-0.25, -0.2) is 0 Å². The lowest BCUT2D eigenvalue weighted by Gasteiger charge is -2.40. The normalized spacial score (nSPS) is 42.2. The Hall–Kier alpha value is -0.120. The molecule has 2 saturated heterocycles. The van der Waals surface area contributed by atoms with Crippen molar-refractivity contribution in [2.45, 2.75) is 31.4 Å². The zero-order valence-corrected chi connectivity index (χ0v) is 7.64. The molecule has 2 unspecified atom stereocenters. The highest BCUT2D eigenvalue weighted by atomic mass is 16.6. The topological polar surface area (TPSA) is 30.5 Å². The Morgan fingerprint density at radius 1 is 1.50 bits per heavy atom. The minimum absolute atomic E-state index is 0.00694. The van der Waals surface area contributed by atoms with Crippen molar-refractivity contribution >= 4 is 0 Å². The number of ether oxygens (including phenoxy) is 2. The molecule has 0 saturated carbocycles. The summed E-state index contributed by atoms with van der Waals surface area (Å²) in [6.45, 7) is 5.66. The molecule has 0 aromatic rings. The maximum atomic E-state index is 5.84. The largest absolute Gasteiger partial charge is 0.378 e. The molecule has 2 rings (SSSR count). The predicted molar refractivity (Wildman–Crippen MR) is 46.2 cm³/mol. The van der Waals surface area contributed by atoms with Crippen molar-refractivity contribution in [2.24, 2.45) is 0 Å². The average Bonchev–Trinajstić information content (AvgIpc) is 2.55. The van der Waals surface area contributed by atoms with Gasteiger partial charge < -0.3 is 14.8 Å². The van der Waals surface area contributed by atoms with Crippen LogP contribution >= 0.6 is 0 Å². The predicted octanol–water partition coefficient (Wildman–Crippen LogP) is 0.544. The van der Waals surface area contributed by atoms with Gasteiger partial charge in [-0.1, -0.05) is 6.92 Å². The third-order valence-electron chi connectivity index (χ3n) is 2.94. The van der Waals surface area contributed by atoms with E-state index >= 15 is 0 Å². The molecule has 1 spiro atoms. The van der Waals surface area contributed by atoms with Crippen LogP contribution in [0.3, 0.4) is 0 Å². The van der Waals surface area contributed by atoms with Crippen LogP contribution in [-0.4, -0.2) is 38.0 Å². The Balaban J connectivity index is 2.07. The molecule has 3 heteroatoms. The number of hydrogen-bond donors (Lipinski definition) is 1. The lowest BCUT2D eigenvalue weighted by molar-refractivity contribution is -0.0980. The summed E-state index contributed by atoms with van der Waals surface area (Å²) in [5, 5.41) is 3.50. The zero-order valence-electron chi connectivity index (χ0n) is 7.64. The molecule has 3 nitrogen and oxygen atoms in total. The van der Waals surface area contributed by atoms with Gasteiger partial charge >= 0.3 is 0 Å². The first-order valence-electron chi connectivity index (χ1n) is 4.82. The Labute approximate surface area is 73.4 Å². The molecule has 1 N–H and O–H groups in total. The van der Waals surface area contributed by atoms with Gasteiger partial charge in [0.05, 0.1) is 13.2 Å². The first-order valence-corrected chi connectivity index (χ1v) is 4.82. The third-order valence-corrected chi connectivity index (χ3v) is 2.94. The molecule has 70 valence electrons.